The SMILES string of the molecule is OCCC1CCCCN1c1ncnc2c1c(-c1ccccc1)cn2-c1ccccc1. The predicted octanol–water partition coefficient (Wildman–Crippen LogP) is 4.83. The quantitative estimate of drug-likeness (QED) is 0.523. The van der Waals surface area contributed by atoms with E-state index < -0.39 is 0 Å². The van der Waals surface area contributed by atoms with Gasteiger partial charge in [-0.1, -0.05) is 48.5 Å². The highest BCUT2D eigenvalue weighted by Gasteiger charge is 2.27. The summed E-state index contributed by atoms with van der Waals surface area (Å²) in [6, 6.07) is 21.1. The Labute approximate surface area is 176 Å². The fourth-order valence-corrected chi connectivity index (χ4v) is 4.61. The molecule has 1 unspecified atom stereocenters. The highest BCUT2D eigenvalue weighted by Crippen LogP contribution is 2.38. The first-order valence-electron chi connectivity index (χ1n) is 10.7. The Kier molecular flexibility index (Phi) is 5.20. The third-order valence-electron chi connectivity index (χ3n) is 6.04. The van der Waals surface area contributed by atoms with Crippen LogP contribution in [0, 0.1) is 0 Å². The molecule has 1 fully saturated rings. The van der Waals surface area contributed by atoms with Crippen LogP contribution in [0.4, 0.5) is 5.82 Å². The van der Waals surface area contributed by atoms with Crippen molar-refractivity contribution in [2.75, 3.05) is 18.1 Å². The van der Waals surface area contributed by atoms with Gasteiger partial charge in [-0.25, -0.2) is 9.97 Å². The molecule has 0 radical (unpaired) electrons. The van der Waals surface area contributed by atoms with Crippen molar-refractivity contribution in [1.82, 2.24) is 14.5 Å². The molecule has 5 heteroatoms. The van der Waals surface area contributed by atoms with Crippen molar-refractivity contribution in [2.24, 2.45) is 0 Å². The molecule has 30 heavy (non-hydrogen) atoms. The summed E-state index contributed by atoms with van der Waals surface area (Å²) >= 11 is 0. The third-order valence-corrected chi connectivity index (χ3v) is 6.04. The van der Waals surface area contributed by atoms with Gasteiger partial charge in [0.1, 0.15) is 12.1 Å². The second-order valence-corrected chi connectivity index (χ2v) is 7.87. The molecule has 152 valence electrons. The van der Waals surface area contributed by atoms with Crippen LogP contribution >= 0.6 is 0 Å². The molecule has 3 heterocycles. The van der Waals surface area contributed by atoms with Gasteiger partial charge in [-0.3, -0.25) is 0 Å². The minimum atomic E-state index is 0.200. The Hall–Kier alpha value is -3.18. The van der Waals surface area contributed by atoms with Crippen molar-refractivity contribution in [2.45, 2.75) is 31.7 Å². The molecule has 0 aliphatic carbocycles. The molecule has 0 spiro atoms. The van der Waals surface area contributed by atoms with Crippen molar-refractivity contribution >= 4 is 16.9 Å². The van der Waals surface area contributed by atoms with Gasteiger partial charge >= 0.3 is 0 Å². The zero-order chi connectivity index (χ0) is 20.3. The molecule has 1 N–H and O–H groups in total. The lowest BCUT2D eigenvalue weighted by Crippen LogP contribution is -2.40. The summed E-state index contributed by atoms with van der Waals surface area (Å²) in [5.41, 5.74) is 4.29. The van der Waals surface area contributed by atoms with Gasteiger partial charge in [0.25, 0.3) is 0 Å². The number of nitrogens with zero attached hydrogens (tertiary/aromatic N) is 4. The molecule has 2 aromatic heterocycles. The number of anilines is 1. The molecule has 1 aliphatic heterocycles. The average molecular weight is 399 g/mol. The topological polar surface area (TPSA) is 54.2 Å². The highest BCUT2D eigenvalue weighted by molar-refractivity contribution is 6.02. The molecule has 2 aromatic carbocycles. The number of piperidine rings is 1. The predicted molar refractivity (Wildman–Crippen MR) is 121 cm³/mol. The van der Waals surface area contributed by atoms with Crippen LogP contribution in [-0.4, -0.2) is 38.8 Å². The molecular formula is C25H26N4O. The summed E-state index contributed by atoms with van der Waals surface area (Å²) < 4.78 is 2.16. The van der Waals surface area contributed by atoms with Gasteiger partial charge in [0, 0.05) is 36.6 Å². The Balaban J connectivity index is 1.75. The number of aliphatic hydroxyl groups excluding tert-OH is 1. The molecule has 5 rings (SSSR count). The van der Waals surface area contributed by atoms with Crippen LogP contribution in [0.2, 0.25) is 0 Å². The van der Waals surface area contributed by atoms with Crippen molar-refractivity contribution in [1.29, 1.82) is 0 Å². The number of hydrogen-bond acceptors (Lipinski definition) is 4. The normalized spacial score (nSPS) is 16.8. The summed E-state index contributed by atoms with van der Waals surface area (Å²) in [5.74, 6) is 0.978. The van der Waals surface area contributed by atoms with E-state index in [9.17, 15) is 5.11 Å². The van der Waals surface area contributed by atoms with Gasteiger partial charge in [0.2, 0.25) is 0 Å². The Morgan fingerprint density at radius 1 is 0.933 bits per heavy atom. The number of benzene rings is 2. The molecule has 0 saturated carbocycles. The zero-order valence-electron chi connectivity index (χ0n) is 17.0. The van der Waals surface area contributed by atoms with Crippen molar-refractivity contribution < 1.29 is 5.11 Å². The van der Waals surface area contributed by atoms with E-state index in [4.69, 9.17) is 9.97 Å². The average Bonchev–Trinajstić information content (AvgIpc) is 3.21. The Morgan fingerprint density at radius 2 is 1.70 bits per heavy atom. The van der Waals surface area contributed by atoms with Gasteiger partial charge in [-0.15, -0.1) is 0 Å². The van der Waals surface area contributed by atoms with Crippen LogP contribution in [0.15, 0.2) is 73.2 Å². The first kappa shape index (κ1) is 18.8. The lowest BCUT2D eigenvalue weighted by atomic mass is 9.98. The van der Waals surface area contributed by atoms with E-state index >= 15 is 0 Å². The van der Waals surface area contributed by atoms with Gasteiger partial charge in [-0.05, 0) is 43.4 Å². The number of aromatic nitrogens is 3. The maximum Gasteiger partial charge on any atom is 0.150 e. The number of aliphatic hydroxyl groups is 1. The summed E-state index contributed by atoms with van der Waals surface area (Å²) in [6.07, 6.45) is 8.06. The molecule has 4 aromatic rings. The number of fused-ring (bicyclic) bond motifs is 1. The standard InChI is InChI=1S/C25H26N4O/c30-16-14-21-13-7-8-15-28(21)24-23-22(19-9-3-1-4-10-19)17-29(25(23)27-18-26-24)20-11-5-2-6-12-20/h1-6,9-12,17-18,21,30H,7-8,13-16H2. The maximum atomic E-state index is 9.62. The summed E-state index contributed by atoms with van der Waals surface area (Å²) in [4.78, 5) is 11.9. The molecule has 0 amide bonds. The van der Waals surface area contributed by atoms with Gasteiger partial charge in [0.15, 0.2) is 5.65 Å². The second kappa shape index (κ2) is 8.28. The maximum absolute atomic E-state index is 9.62. The van der Waals surface area contributed by atoms with Crippen LogP contribution in [0.1, 0.15) is 25.7 Å². The number of para-hydroxylation sites is 1. The lowest BCUT2D eigenvalue weighted by Gasteiger charge is -2.37. The van der Waals surface area contributed by atoms with E-state index in [-0.39, 0.29) is 6.61 Å². The number of hydrogen-bond donors (Lipinski definition) is 1. The third kappa shape index (κ3) is 3.35. The van der Waals surface area contributed by atoms with Gasteiger partial charge < -0.3 is 14.6 Å². The fourth-order valence-electron chi connectivity index (χ4n) is 4.61. The molecule has 5 nitrogen and oxygen atoms in total. The van der Waals surface area contributed by atoms with Crippen LogP contribution in [0.25, 0.3) is 27.8 Å². The molecule has 0 bridgehead atoms. The van der Waals surface area contributed by atoms with Crippen LogP contribution in [0.5, 0.6) is 0 Å². The minimum absolute atomic E-state index is 0.200. The fraction of sp³-hybridized carbons (Fsp3) is 0.280. The van der Waals surface area contributed by atoms with Crippen molar-refractivity contribution in [3.05, 3.63) is 73.2 Å². The lowest BCUT2D eigenvalue weighted by molar-refractivity contribution is 0.262. The molecule has 1 atom stereocenters. The van der Waals surface area contributed by atoms with E-state index in [0.717, 1.165) is 59.5 Å². The van der Waals surface area contributed by atoms with Gasteiger partial charge in [0.05, 0.1) is 5.39 Å². The van der Waals surface area contributed by atoms with E-state index in [1.54, 1.807) is 6.33 Å². The van der Waals surface area contributed by atoms with Crippen molar-refractivity contribution in [3.8, 4) is 16.8 Å². The monoisotopic (exact) mass is 398 g/mol. The van der Waals surface area contributed by atoms with Gasteiger partial charge in [-0.2, -0.15) is 0 Å². The van der Waals surface area contributed by atoms with Crippen molar-refractivity contribution in [3.63, 3.8) is 0 Å². The van der Waals surface area contributed by atoms with Crippen LogP contribution < -0.4 is 4.90 Å². The molecule has 1 saturated heterocycles. The van der Waals surface area contributed by atoms with Crippen LogP contribution in [-0.2, 0) is 0 Å². The smallest absolute Gasteiger partial charge is 0.150 e. The second-order valence-electron chi connectivity index (χ2n) is 7.87. The molecule has 1 aliphatic rings. The summed E-state index contributed by atoms with van der Waals surface area (Å²) in [5, 5.41) is 10.7. The summed E-state index contributed by atoms with van der Waals surface area (Å²) in [6.45, 7) is 1.16. The van der Waals surface area contributed by atoms with E-state index in [1.165, 1.54) is 6.42 Å². The number of rotatable bonds is 5. The van der Waals surface area contributed by atoms with E-state index in [0.29, 0.717) is 6.04 Å². The Morgan fingerprint density at radius 3 is 2.47 bits per heavy atom. The zero-order valence-corrected chi connectivity index (χ0v) is 17.0. The highest BCUT2D eigenvalue weighted by atomic mass is 16.3. The minimum Gasteiger partial charge on any atom is -0.396 e. The largest absolute Gasteiger partial charge is 0.396 e. The van der Waals surface area contributed by atoms with E-state index in [1.807, 2.05) is 24.3 Å². The summed E-state index contributed by atoms with van der Waals surface area (Å²) in [7, 11) is 0. The Bertz CT molecular complexity index is 1120. The van der Waals surface area contributed by atoms with Crippen LogP contribution in [0.3, 0.4) is 0 Å². The first-order chi connectivity index (χ1) is 14.9. The van der Waals surface area contributed by atoms with E-state index in [2.05, 4.69) is 52.1 Å². The molecular weight excluding hydrogens is 372 g/mol. The first-order valence-corrected chi connectivity index (χ1v) is 10.7.